The number of ether oxygens (including phenoxy) is 1. The fraction of sp³-hybridized carbons (Fsp3) is 0.500. The zero-order valence-corrected chi connectivity index (χ0v) is 11.0. The average molecular weight is 232 g/mol. The molecule has 3 nitrogen and oxygen atoms in total. The normalized spacial score (nSPS) is 11.7. The lowest BCUT2D eigenvalue weighted by atomic mass is 10.1. The molecule has 0 saturated heterocycles. The minimum atomic E-state index is 0.416. The van der Waals surface area contributed by atoms with Crippen molar-refractivity contribution in [3.05, 3.63) is 23.8 Å². The molecule has 0 fully saturated rings. The maximum atomic E-state index is 9.16. The molecule has 0 radical (unpaired) electrons. The highest BCUT2D eigenvalue weighted by atomic mass is 16.5. The van der Waals surface area contributed by atoms with Gasteiger partial charge < -0.3 is 9.64 Å². The van der Waals surface area contributed by atoms with E-state index < -0.39 is 0 Å². The summed E-state index contributed by atoms with van der Waals surface area (Å²) in [5, 5.41) is 9.16. The molecule has 17 heavy (non-hydrogen) atoms. The maximum Gasteiger partial charge on any atom is 0.121 e. The number of hydrogen-bond donors (Lipinski definition) is 0. The largest absolute Gasteiger partial charge is 0.497 e. The summed E-state index contributed by atoms with van der Waals surface area (Å²) in [6.07, 6.45) is 1.05. The number of rotatable bonds is 5. The molecule has 0 aromatic heterocycles. The zero-order chi connectivity index (χ0) is 12.8. The number of hydrogen-bond acceptors (Lipinski definition) is 3. The van der Waals surface area contributed by atoms with Crippen molar-refractivity contribution >= 4 is 5.69 Å². The number of methoxy groups -OCH3 is 1. The molecule has 1 rings (SSSR count). The van der Waals surface area contributed by atoms with Gasteiger partial charge in [0.1, 0.15) is 11.8 Å². The Kier molecular flexibility index (Phi) is 4.84. The Hall–Kier alpha value is -1.69. The van der Waals surface area contributed by atoms with Crippen LogP contribution in [0.3, 0.4) is 0 Å². The highest BCUT2D eigenvalue weighted by Crippen LogP contribution is 2.27. The van der Waals surface area contributed by atoms with Crippen LogP contribution in [-0.2, 0) is 0 Å². The van der Waals surface area contributed by atoms with E-state index in [4.69, 9.17) is 10.00 Å². The molecular weight excluding hydrogens is 212 g/mol. The molecule has 0 aliphatic heterocycles. The van der Waals surface area contributed by atoms with Crippen LogP contribution in [0.2, 0.25) is 0 Å². The van der Waals surface area contributed by atoms with Crippen LogP contribution in [0.5, 0.6) is 5.75 Å². The molecule has 0 heterocycles. The van der Waals surface area contributed by atoms with Crippen LogP contribution in [0.25, 0.3) is 0 Å². The Balaban J connectivity index is 3.20. The van der Waals surface area contributed by atoms with Gasteiger partial charge in [-0.05, 0) is 32.4 Å². The number of nitriles is 1. The van der Waals surface area contributed by atoms with Crippen LogP contribution in [0.1, 0.15) is 32.8 Å². The molecule has 0 aliphatic carbocycles. The van der Waals surface area contributed by atoms with Gasteiger partial charge >= 0.3 is 0 Å². The minimum Gasteiger partial charge on any atom is -0.497 e. The summed E-state index contributed by atoms with van der Waals surface area (Å²) in [7, 11) is 1.64. The average Bonchev–Trinajstić information content (AvgIpc) is 2.39. The van der Waals surface area contributed by atoms with Crippen molar-refractivity contribution in [3.8, 4) is 11.8 Å². The van der Waals surface area contributed by atoms with Crippen LogP contribution >= 0.6 is 0 Å². The van der Waals surface area contributed by atoms with Gasteiger partial charge in [-0.3, -0.25) is 0 Å². The molecule has 1 aromatic rings. The Bertz CT molecular complexity index is 409. The van der Waals surface area contributed by atoms with E-state index in [2.05, 4.69) is 31.7 Å². The van der Waals surface area contributed by atoms with Crippen LogP contribution < -0.4 is 9.64 Å². The van der Waals surface area contributed by atoms with Gasteiger partial charge in [-0.25, -0.2) is 0 Å². The predicted octanol–water partition coefficient (Wildman–Crippen LogP) is 3.19. The van der Waals surface area contributed by atoms with Gasteiger partial charge in [0, 0.05) is 18.7 Å². The van der Waals surface area contributed by atoms with E-state index in [1.54, 1.807) is 7.11 Å². The van der Waals surface area contributed by atoms with Gasteiger partial charge in [-0.2, -0.15) is 5.26 Å². The summed E-state index contributed by atoms with van der Waals surface area (Å²) < 4.78 is 5.23. The van der Waals surface area contributed by atoms with Gasteiger partial charge in [0.15, 0.2) is 0 Å². The lowest BCUT2D eigenvalue weighted by Crippen LogP contribution is -2.32. The van der Waals surface area contributed by atoms with Crippen LogP contribution in [0, 0.1) is 11.3 Å². The molecule has 0 bridgehead atoms. The third-order valence-electron chi connectivity index (χ3n) is 3.10. The van der Waals surface area contributed by atoms with Crippen LogP contribution in [0.15, 0.2) is 18.2 Å². The molecule has 0 saturated carbocycles. The molecule has 1 atom stereocenters. The van der Waals surface area contributed by atoms with E-state index in [1.807, 2.05) is 18.2 Å². The first-order chi connectivity index (χ1) is 8.17. The van der Waals surface area contributed by atoms with Crippen molar-refractivity contribution in [3.63, 3.8) is 0 Å². The van der Waals surface area contributed by atoms with Gasteiger partial charge in [0.05, 0.1) is 18.4 Å². The Morgan fingerprint density at radius 1 is 1.41 bits per heavy atom. The smallest absolute Gasteiger partial charge is 0.121 e. The van der Waals surface area contributed by atoms with Crippen LogP contribution in [-0.4, -0.2) is 19.7 Å². The molecule has 92 valence electrons. The molecule has 0 spiro atoms. The van der Waals surface area contributed by atoms with Gasteiger partial charge in [-0.15, -0.1) is 0 Å². The Morgan fingerprint density at radius 2 is 2.12 bits per heavy atom. The third-order valence-corrected chi connectivity index (χ3v) is 3.10. The fourth-order valence-electron chi connectivity index (χ4n) is 1.91. The summed E-state index contributed by atoms with van der Waals surface area (Å²) in [5.74, 6) is 0.792. The van der Waals surface area contributed by atoms with E-state index in [0.717, 1.165) is 24.4 Å². The first-order valence-electron chi connectivity index (χ1n) is 6.02. The Labute approximate surface area is 104 Å². The second-order valence-electron chi connectivity index (χ2n) is 4.04. The van der Waals surface area contributed by atoms with Crippen molar-refractivity contribution in [1.29, 1.82) is 5.26 Å². The SMILES string of the molecule is CCC(C)N(CC)c1cc(OC)ccc1C#N. The quantitative estimate of drug-likeness (QED) is 0.782. The first-order valence-corrected chi connectivity index (χ1v) is 6.02. The summed E-state index contributed by atoms with van der Waals surface area (Å²) in [4.78, 5) is 2.24. The fourth-order valence-corrected chi connectivity index (χ4v) is 1.91. The van der Waals surface area contributed by atoms with Gasteiger partial charge in [0.25, 0.3) is 0 Å². The minimum absolute atomic E-state index is 0.416. The highest BCUT2D eigenvalue weighted by molar-refractivity contribution is 5.62. The van der Waals surface area contributed by atoms with E-state index >= 15 is 0 Å². The zero-order valence-electron chi connectivity index (χ0n) is 11.0. The number of anilines is 1. The molecule has 1 aromatic carbocycles. The monoisotopic (exact) mass is 232 g/mol. The van der Waals surface area contributed by atoms with E-state index in [1.165, 1.54) is 0 Å². The second-order valence-corrected chi connectivity index (χ2v) is 4.04. The lowest BCUT2D eigenvalue weighted by molar-refractivity contribution is 0.414. The van der Waals surface area contributed by atoms with Crippen molar-refractivity contribution in [1.82, 2.24) is 0 Å². The van der Waals surface area contributed by atoms with Gasteiger partial charge in [0.2, 0.25) is 0 Å². The first kappa shape index (κ1) is 13.4. The van der Waals surface area contributed by atoms with Crippen molar-refractivity contribution < 1.29 is 4.74 Å². The van der Waals surface area contributed by atoms with Crippen molar-refractivity contribution in [2.75, 3.05) is 18.6 Å². The van der Waals surface area contributed by atoms with Crippen molar-refractivity contribution in [2.24, 2.45) is 0 Å². The van der Waals surface area contributed by atoms with Crippen molar-refractivity contribution in [2.45, 2.75) is 33.2 Å². The summed E-state index contributed by atoms with van der Waals surface area (Å²) in [6.45, 7) is 7.31. The second kappa shape index (κ2) is 6.15. The molecular formula is C14H20N2O. The molecule has 3 heteroatoms. The summed E-state index contributed by atoms with van der Waals surface area (Å²) >= 11 is 0. The predicted molar refractivity (Wildman–Crippen MR) is 70.5 cm³/mol. The third kappa shape index (κ3) is 2.91. The Morgan fingerprint density at radius 3 is 2.59 bits per heavy atom. The maximum absolute atomic E-state index is 9.16. The summed E-state index contributed by atoms with van der Waals surface area (Å²) in [6, 6.07) is 8.24. The lowest BCUT2D eigenvalue weighted by Gasteiger charge is -2.30. The van der Waals surface area contributed by atoms with Crippen LogP contribution in [0.4, 0.5) is 5.69 Å². The van der Waals surface area contributed by atoms with E-state index in [9.17, 15) is 0 Å². The molecule has 1 unspecified atom stereocenters. The number of nitrogens with zero attached hydrogens (tertiary/aromatic N) is 2. The molecule has 0 aliphatic rings. The summed E-state index contributed by atoms with van der Waals surface area (Å²) in [5.41, 5.74) is 1.66. The topological polar surface area (TPSA) is 36.3 Å². The molecule has 0 N–H and O–H groups in total. The standard InChI is InChI=1S/C14H20N2O/c1-5-11(3)16(6-2)14-9-13(17-4)8-7-12(14)10-15/h7-9,11H,5-6H2,1-4H3. The van der Waals surface area contributed by atoms with E-state index in [0.29, 0.717) is 11.6 Å². The van der Waals surface area contributed by atoms with Gasteiger partial charge in [-0.1, -0.05) is 6.92 Å². The highest BCUT2D eigenvalue weighted by Gasteiger charge is 2.15. The molecule has 0 amide bonds. The van der Waals surface area contributed by atoms with E-state index in [-0.39, 0.29) is 0 Å². The number of benzene rings is 1.